The molecule has 1 amide bonds. The standard InChI is InChI=1S/C18H29NO8/c1-6-15(20)25-12-18(5,13-26-16(21)7-2)19-17(22)27-14(10-23-8-3)11-24-9-4/h6-7,14H,1-2,8-13H2,3-5H3,(H,19,22). The number of carbonyl (C=O) groups is 3. The Morgan fingerprint density at radius 3 is 1.78 bits per heavy atom. The summed E-state index contributed by atoms with van der Waals surface area (Å²) in [6.45, 7) is 12.5. The Labute approximate surface area is 159 Å². The Kier molecular flexibility index (Phi) is 12.5. The second-order valence-electron chi connectivity index (χ2n) is 5.66. The van der Waals surface area contributed by atoms with E-state index in [1.54, 1.807) is 0 Å². The molecule has 0 aromatic heterocycles. The van der Waals surface area contributed by atoms with Crippen LogP contribution in [0.5, 0.6) is 0 Å². The quantitative estimate of drug-likeness (QED) is 0.270. The Balaban J connectivity index is 4.93. The van der Waals surface area contributed by atoms with E-state index in [-0.39, 0.29) is 26.4 Å². The zero-order valence-corrected chi connectivity index (χ0v) is 16.2. The number of hydrogen-bond acceptors (Lipinski definition) is 8. The first-order valence-electron chi connectivity index (χ1n) is 8.52. The first-order chi connectivity index (χ1) is 12.8. The average molecular weight is 387 g/mol. The van der Waals surface area contributed by atoms with Gasteiger partial charge >= 0.3 is 18.0 Å². The lowest BCUT2D eigenvalue weighted by Crippen LogP contribution is -2.54. The maximum atomic E-state index is 12.3. The SMILES string of the molecule is C=CC(=O)OCC(C)(COC(=O)C=C)NC(=O)OC(COCC)COCC. The molecule has 9 heteroatoms. The van der Waals surface area contributed by atoms with Gasteiger partial charge in [0.15, 0.2) is 6.10 Å². The lowest BCUT2D eigenvalue weighted by atomic mass is 10.1. The minimum atomic E-state index is -1.23. The summed E-state index contributed by atoms with van der Waals surface area (Å²) in [5, 5.41) is 2.54. The van der Waals surface area contributed by atoms with Crippen LogP contribution in [0.2, 0.25) is 0 Å². The summed E-state index contributed by atoms with van der Waals surface area (Å²) in [5.74, 6) is -1.37. The van der Waals surface area contributed by atoms with Crippen molar-refractivity contribution in [3.8, 4) is 0 Å². The zero-order valence-electron chi connectivity index (χ0n) is 16.2. The lowest BCUT2D eigenvalue weighted by molar-refractivity contribution is -0.144. The van der Waals surface area contributed by atoms with Gasteiger partial charge in [-0.25, -0.2) is 14.4 Å². The number of nitrogens with one attached hydrogen (secondary N) is 1. The van der Waals surface area contributed by atoms with Crippen LogP contribution < -0.4 is 5.32 Å². The summed E-state index contributed by atoms with van der Waals surface area (Å²) < 4.78 is 25.8. The molecule has 0 unspecified atom stereocenters. The third-order valence-corrected chi connectivity index (χ3v) is 3.09. The fourth-order valence-electron chi connectivity index (χ4n) is 1.73. The minimum Gasteiger partial charge on any atom is -0.460 e. The van der Waals surface area contributed by atoms with Crippen molar-refractivity contribution in [1.82, 2.24) is 5.32 Å². The van der Waals surface area contributed by atoms with Crippen LogP contribution in [0, 0.1) is 0 Å². The number of rotatable bonds is 14. The first kappa shape index (κ1) is 24.6. The van der Waals surface area contributed by atoms with E-state index < -0.39 is 29.7 Å². The number of amides is 1. The Morgan fingerprint density at radius 2 is 1.41 bits per heavy atom. The molecule has 0 aromatic carbocycles. The van der Waals surface area contributed by atoms with Gasteiger partial charge in [0.25, 0.3) is 0 Å². The van der Waals surface area contributed by atoms with Crippen LogP contribution in [0.1, 0.15) is 20.8 Å². The van der Waals surface area contributed by atoms with Crippen molar-refractivity contribution in [2.75, 3.05) is 39.6 Å². The van der Waals surface area contributed by atoms with Crippen LogP contribution in [0.3, 0.4) is 0 Å². The molecule has 154 valence electrons. The molecule has 0 rings (SSSR count). The second kappa shape index (κ2) is 13.8. The number of ether oxygens (including phenoxy) is 5. The fraction of sp³-hybridized carbons (Fsp3) is 0.611. The Bertz CT molecular complexity index is 474. The minimum absolute atomic E-state index is 0.164. The third kappa shape index (κ3) is 11.8. The van der Waals surface area contributed by atoms with E-state index >= 15 is 0 Å². The van der Waals surface area contributed by atoms with Gasteiger partial charge < -0.3 is 29.0 Å². The van der Waals surface area contributed by atoms with Gasteiger partial charge in [0.05, 0.1) is 13.2 Å². The van der Waals surface area contributed by atoms with Gasteiger partial charge in [-0.3, -0.25) is 0 Å². The molecule has 0 aliphatic heterocycles. The molecular formula is C18H29NO8. The summed E-state index contributed by atoms with van der Waals surface area (Å²) in [4.78, 5) is 34.9. The lowest BCUT2D eigenvalue weighted by Gasteiger charge is -2.30. The van der Waals surface area contributed by atoms with Crippen molar-refractivity contribution in [3.05, 3.63) is 25.3 Å². The highest BCUT2D eigenvalue weighted by Crippen LogP contribution is 2.09. The molecule has 0 atom stereocenters. The van der Waals surface area contributed by atoms with Gasteiger partial charge in [-0.05, 0) is 20.8 Å². The maximum absolute atomic E-state index is 12.3. The third-order valence-electron chi connectivity index (χ3n) is 3.09. The van der Waals surface area contributed by atoms with Crippen LogP contribution in [-0.4, -0.2) is 69.3 Å². The monoisotopic (exact) mass is 387 g/mol. The highest BCUT2D eigenvalue weighted by Gasteiger charge is 2.31. The molecular weight excluding hydrogens is 358 g/mol. The van der Waals surface area contributed by atoms with Gasteiger partial charge in [0.1, 0.15) is 18.8 Å². The van der Waals surface area contributed by atoms with Gasteiger partial charge in [0, 0.05) is 25.4 Å². The van der Waals surface area contributed by atoms with Gasteiger partial charge in [-0.15, -0.1) is 0 Å². The molecule has 1 N–H and O–H groups in total. The molecule has 0 aromatic rings. The normalized spacial score (nSPS) is 10.8. The predicted octanol–water partition coefficient (Wildman–Crippen LogP) is 1.37. The number of alkyl carbamates (subject to hydrolysis) is 1. The van der Waals surface area contributed by atoms with Crippen molar-refractivity contribution in [3.63, 3.8) is 0 Å². The van der Waals surface area contributed by atoms with E-state index in [9.17, 15) is 14.4 Å². The molecule has 27 heavy (non-hydrogen) atoms. The van der Waals surface area contributed by atoms with E-state index in [4.69, 9.17) is 23.7 Å². The Hall–Kier alpha value is -2.39. The maximum Gasteiger partial charge on any atom is 0.408 e. The van der Waals surface area contributed by atoms with Crippen LogP contribution in [-0.2, 0) is 33.3 Å². The molecule has 0 heterocycles. The van der Waals surface area contributed by atoms with Crippen molar-refractivity contribution >= 4 is 18.0 Å². The summed E-state index contributed by atoms with van der Waals surface area (Å²) >= 11 is 0. The van der Waals surface area contributed by atoms with E-state index in [0.29, 0.717) is 13.2 Å². The largest absolute Gasteiger partial charge is 0.460 e. The molecule has 0 aliphatic rings. The highest BCUT2D eigenvalue weighted by molar-refractivity contribution is 5.82. The molecule has 0 fully saturated rings. The van der Waals surface area contributed by atoms with E-state index in [1.807, 2.05) is 13.8 Å². The van der Waals surface area contributed by atoms with Gasteiger partial charge in [-0.1, -0.05) is 13.2 Å². The molecule has 0 saturated carbocycles. The predicted molar refractivity (Wildman–Crippen MR) is 97.1 cm³/mol. The number of hydrogen-bond donors (Lipinski definition) is 1. The van der Waals surface area contributed by atoms with Crippen molar-refractivity contribution in [2.24, 2.45) is 0 Å². The molecule has 9 nitrogen and oxygen atoms in total. The van der Waals surface area contributed by atoms with Crippen molar-refractivity contribution < 1.29 is 38.1 Å². The van der Waals surface area contributed by atoms with Crippen LogP contribution in [0.4, 0.5) is 4.79 Å². The highest BCUT2D eigenvalue weighted by atomic mass is 16.6. The first-order valence-corrected chi connectivity index (χ1v) is 8.52. The van der Waals surface area contributed by atoms with Gasteiger partial charge in [0.2, 0.25) is 0 Å². The fourth-order valence-corrected chi connectivity index (χ4v) is 1.73. The molecule has 0 spiro atoms. The van der Waals surface area contributed by atoms with Crippen molar-refractivity contribution in [2.45, 2.75) is 32.4 Å². The Morgan fingerprint density at radius 1 is 0.963 bits per heavy atom. The molecule has 0 aliphatic carbocycles. The van der Waals surface area contributed by atoms with Crippen LogP contribution >= 0.6 is 0 Å². The summed E-state index contributed by atoms with van der Waals surface area (Å²) in [5.41, 5.74) is -1.23. The zero-order chi connectivity index (χ0) is 20.7. The van der Waals surface area contributed by atoms with Crippen LogP contribution in [0.15, 0.2) is 25.3 Å². The number of esters is 2. The second-order valence-corrected chi connectivity index (χ2v) is 5.66. The summed E-state index contributed by atoms with van der Waals surface area (Å²) in [6, 6.07) is 0. The smallest absolute Gasteiger partial charge is 0.408 e. The van der Waals surface area contributed by atoms with E-state index in [1.165, 1.54) is 6.92 Å². The molecule has 0 bridgehead atoms. The van der Waals surface area contributed by atoms with Crippen LogP contribution in [0.25, 0.3) is 0 Å². The number of carbonyl (C=O) groups excluding carboxylic acids is 3. The molecule has 0 saturated heterocycles. The molecule has 0 radical (unpaired) electrons. The average Bonchev–Trinajstić information content (AvgIpc) is 2.66. The van der Waals surface area contributed by atoms with Gasteiger partial charge in [-0.2, -0.15) is 0 Å². The van der Waals surface area contributed by atoms with E-state index in [2.05, 4.69) is 18.5 Å². The topological polar surface area (TPSA) is 109 Å². The van der Waals surface area contributed by atoms with Crippen molar-refractivity contribution in [1.29, 1.82) is 0 Å². The summed E-state index contributed by atoms with van der Waals surface area (Å²) in [6.07, 6.45) is 0.537. The van der Waals surface area contributed by atoms with E-state index in [0.717, 1.165) is 12.2 Å². The summed E-state index contributed by atoms with van der Waals surface area (Å²) in [7, 11) is 0.